The molecule has 3 N–H and O–H groups in total. The van der Waals surface area contributed by atoms with Crippen LogP contribution in [0.2, 0.25) is 5.02 Å². The Balaban J connectivity index is 3.59. The van der Waals surface area contributed by atoms with Crippen molar-refractivity contribution < 1.29 is 14.6 Å². The average molecular weight is 274 g/mol. The Morgan fingerprint density at radius 3 is 2.28 bits per heavy atom. The molecule has 0 spiro atoms. The molecule has 1 aromatic rings. The highest BCUT2D eigenvalue weighted by Crippen LogP contribution is 2.44. The number of hydrogen-bond acceptors (Lipinski definition) is 4. The minimum Gasteiger partial charge on any atom is -0.493 e. The molecule has 0 aliphatic carbocycles. The van der Waals surface area contributed by atoms with Gasteiger partial charge in [-0.2, -0.15) is 0 Å². The molecular formula is C13H20ClNO3. The fraction of sp³-hybridized carbons (Fsp3) is 0.538. The molecule has 0 amide bonds. The van der Waals surface area contributed by atoms with Crippen LogP contribution >= 0.6 is 11.6 Å². The van der Waals surface area contributed by atoms with E-state index in [1.165, 1.54) is 0 Å². The van der Waals surface area contributed by atoms with Crippen LogP contribution in [0.3, 0.4) is 0 Å². The summed E-state index contributed by atoms with van der Waals surface area (Å²) in [5.41, 5.74) is 6.97. The van der Waals surface area contributed by atoms with E-state index >= 15 is 0 Å². The van der Waals surface area contributed by atoms with E-state index in [2.05, 4.69) is 0 Å². The van der Waals surface area contributed by atoms with Crippen molar-refractivity contribution in [1.29, 1.82) is 0 Å². The smallest absolute Gasteiger partial charge is 0.164 e. The Bertz CT molecular complexity index is 421. The zero-order valence-corrected chi connectivity index (χ0v) is 11.9. The lowest BCUT2D eigenvalue weighted by Gasteiger charge is -2.23. The Kier molecular flexibility index (Phi) is 5.26. The van der Waals surface area contributed by atoms with Gasteiger partial charge < -0.3 is 20.3 Å². The number of aliphatic hydroxyl groups is 1. The lowest BCUT2D eigenvalue weighted by Crippen LogP contribution is -2.15. The summed E-state index contributed by atoms with van der Waals surface area (Å²) in [5, 5.41) is 10.5. The molecule has 0 radical (unpaired) electrons. The second kappa shape index (κ2) is 6.27. The van der Waals surface area contributed by atoms with E-state index in [0.29, 0.717) is 22.1 Å². The molecule has 0 saturated carbocycles. The largest absolute Gasteiger partial charge is 0.493 e. The summed E-state index contributed by atoms with van der Waals surface area (Å²) in [6, 6.07) is 1.64. The van der Waals surface area contributed by atoms with Crippen LogP contribution in [0.5, 0.6) is 11.5 Å². The molecule has 102 valence electrons. The first-order valence-electron chi connectivity index (χ1n) is 5.80. The molecular weight excluding hydrogens is 254 g/mol. The third-order valence-corrected chi connectivity index (χ3v) is 3.14. The van der Waals surface area contributed by atoms with E-state index in [0.717, 1.165) is 5.56 Å². The predicted molar refractivity (Wildman–Crippen MR) is 72.7 cm³/mol. The standard InChI is InChI=1S/C13H20ClNO3/c1-7(2)11-12(9(16)6-15)8(14)5-10(17-3)13(11)18-4/h5,7,9,16H,6,15H2,1-4H3. The van der Waals surface area contributed by atoms with Gasteiger partial charge in [0.15, 0.2) is 11.5 Å². The van der Waals surface area contributed by atoms with E-state index in [-0.39, 0.29) is 12.5 Å². The predicted octanol–water partition coefficient (Wildman–Crippen LogP) is 2.47. The van der Waals surface area contributed by atoms with Gasteiger partial charge in [0.05, 0.1) is 25.3 Å². The molecule has 0 fully saturated rings. The highest BCUT2D eigenvalue weighted by atomic mass is 35.5. The Morgan fingerprint density at radius 2 is 1.89 bits per heavy atom. The molecule has 1 atom stereocenters. The molecule has 1 aromatic carbocycles. The topological polar surface area (TPSA) is 64.7 Å². The van der Waals surface area contributed by atoms with Gasteiger partial charge in [0.1, 0.15) is 0 Å². The molecule has 0 aliphatic rings. The summed E-state index contributed by atoms with van der Waals surface area (Å²) >= 11 is 6.21. The maximum atomic E-state index is 10.0. The highest BCUT2D eigenvalue weighted by molar-refractivity contribution is 6.31. The van der Waals surface area contributed by atoms with Crippen LogP contribution in [0, 0.1) is 0 Å². The number of methoxy groups -OCH3 is 2. The molecule has 0 aliphatic heterocycles. The van der Waals surface area contributed by atoms with E-state index in [9.17, 15) is 5.11 Å². The fourth-order valence-electron chi connectivity index (χ4n) is 2.03. The number of ether oxygens (including phenoxy) is 2. The second-order valence-corrected chi connectivity index (χ2v) is 4.73. The molecule has 4 nitrogen and oxygen atoms in total. The maximum Gasteiger partial charge on any atom is 0.164 e. The number of rotatable bonds is 5. The van der Waals surface area contributed by atoms with Gasteiger partial charge in [-0.3, -0.25) is 0 Å². The van der Waals surface area contributed by atoms with Crippen molar-refractivity contribution in [3.63, 3.8) is 0 Å². The van der Waals surface area contributed by atoms with Gasteiger partial charge in [-0.25, -0.2) is 0 Å². The third-order valence-electron chi connectivity index (χ3n) is 2.83. The molecule has 5 heteroatoms. The monoisotopic (exact) mass is 273 g/mol. The van der Waals surface area contributed by atoms with Gasteiger partial charge in [0.2, 0.25) is 0 Å². The average Bonchev–Trinajstić information content (AvgIpc) is 2.36. The van der Waals surface area contributed by atoms with Crippen molar-refractivity contribution in [3.8, 4) is 11.5 Å². The maximum absolute atomic E-state index is 10.0. The molecule has 1 rings (SSSR count). The van der Waals surface area contributed by atoms with Gasteiger partial charge in [-0.05, 0) is 5.92 Å². The van der Waals surface area contributed by atoms with Crippen LogP contribution < -0.4 is 15.2 Å². The molecule has 0 heterocycles. The number of nitrogens with two attached hydrogens (primary N) is 1. The van der Waals surface area contributed by atoms with E-state index in [1.807, 2.05) is 13.8 Å². The van der Waals surface area contributed by atoms with Crippen molar-refractivity contribution in [2.24, 2.45) is 5.73 Å². The van der Waals surface area contributed by atoms with Crippen LogP contribution in [-0.4, -0.2) is 25.9 Å². The quantitative estimate of drug-likeness (QED) is 0.865. The summed E-state index contributed by atoms with van der Waals surface area (Å²) in [5.74, 6) is 1.28. The van der Waals surface area contributed by atoms with Crippen molar-refractivity contribution in [1.82, 2.24) is 0 Å². The molecule has 0 bridgehead atoms. The van der Waals surface area contributed by atoms with Crippen molar-refractivity contribution in [2.75, 3.05) is 20.8 Å². The third kappa shape index (κ3) is 2.71. The van der Waals surface area contributed by atoms with E-state index in [4.69, 9.17) is 26.8 Å². The van der Waals surface area contributed by atoms with Gasteiger partial charge in [0.25, 0.3) is 0 Å². The zero-order valence-electron chi connectivity index (χ0n) is 11.2. The number of aliphatic hydroxyl groups excluding tert-OH is 1. The van der Waals surface area contributed by atoms with Crippen LogP contribution in [0.25, 0.3) is 0 Å². The van der Waals surface area contributed by atoms with Crippen molar-refractivity contribution >= 4 is 11.6 Å². The summed E-state index contributed by atoms with van der Waals surface area (Å²) in [6.07, 6.45) is -0.810. The van der Waals surface area contributed by atoms with Crippen LogP contribution in [-0.2, 0) is 0 Å². The molecule has 0 saturated heterocycles. The van der Waals surface area contributed by atoms with Crippen molar-refractivity contribution in [2.45, 2.75) is 25.9 Å². The summed E-state index contributed by atoms with van der Waals surface area (Å²) in [7, 11) is 3.12. The minimum atomic E-state index is -0.810. The number of benzene rings is 1. The fourth-order valence-corrected chi connectivity index (χ4v) is 2.36. The Hall–Kier alpha value is -0.970. The zero-order chi connectivity index (χ0) is 13.9. The lowest BCUT2D eigenvalue weighted by atomic mass is 9.92. The van der Waals surface area contributed by atoms with Gasteiger partial charge >= 0.3 is 0 Å². The molecule has 18 heavy (non-hydrogen) atoms. The Morgan fingerprint density at radius 1 is 1.28 bits per heavy atom. The lowest BCUT2D eigenvalue weighted by molar-refractivity contribution is 0.184. The van der Waals surface area contributed by atoms with E-state index in [1.54, 1.807) is 20.3 Å². The first-order chi connectivity index (χ1) is 8.47. The van der Waals surface area contributed by atoms with Gasteiger partial charge in [0, 0.05) is 23.7 Å². The summed E-state index contributed by atoms with van der Waals surface area (Å²) < 4.78 is 10.6. The molecule has 0 aromatic heterocycles. The summed E-state index contributed by atoms with van der Waals surface area (Å²) in [6.45, 7) is 4.11. The normalized spacial score (nSPS) is 12.7. The number of hydrogen-bond donors (Lipinski definition) is 2. The van der Waals surface area contributed by atoms with Gasteiger partial charge in [-0.1, -0.05) is 25.4 Å². The highest BCUT2D eigenvalue weighted by Gasteiger charge is 2.24. The molecule has 1 unspecified atom stereocenters. The first kappa shape index (κ1) is 15.1. The van der Waals surface area contributed by atoms with Crippen LogP contribution in [0.1, 0.15) is 37.0 Å². The first-order valence-corrected chi connectivity index (χ1v) is 6.18. The van der Waals surface area contributed by atoms with Crippen LogP contribution in [0.15, 0.2) is 6.07 Å². The summed E-state index contributed by atoms with van der Waals surface area (Å²) in [4.78, 5) is 0. The Labute approximate surface area is 113 Å². The van der Waals surface area contributed by atoms with Crippen LogP contribution in [0.4, 0.5) is 0 Å². The minimum absolute atomic E-state index is 0.106. The van der Waals surface area contributed by atoms with Gasteiger partial charge in [-0.15, -0.1) is 0 Å². The number of halogens is 1. The second-order valence-electron chi connectivity index (χ2n) is 4.33. The van der Waals surface area contributed by atoms with Crippen molar-refractivity contribution in [3.05, 3.63) is 22.2 Å². The SMILES string of the molecule is COc1cc(Cl)c(C(O)CN)c(C(C)C)c1OC. The van der Waals surface area contributed by atoms with E-state index < -0.39 is 6.10 Å².